The summed E-state index contributed by atoms with van der Waals surface area (Å²) >= 11 is 0. The number of methoxy groups -OCH3 is 1. The van der Waals surface area contributed by atoms with Crippen molar-refractivity contribution in [2.75, 3.05) is 20.2 Å². The van der Waals surface area contributed by atoms with Crippen LogP contribution in [0.3, 0.4) is 0 Å². The van der Waals surface area contributed by atoms with Gasteiger partial charge in [-0.25, -0.2) is 4.98 Å². The van der Waals surface area contributed by atoms with Crippen LogP contribution in [0.1, 0.15) is 0 Å². The largest absolute Gasteiger partial charge is 0.488 e. The van der Waals surface area contributed by atoms with Crippen molar-refractivity contribution in [2.45, 2.75) is 6.10 Å². The molecular formula is C9H12N2O2. The first-order valence-electron chi connectivity index (χ1n) is 4.26. The van der Waals surface area contributed by atoms with Crippen molar-refractivity contribution in [3.8, 4) is 11.6 Å². The van der Waals surface area contributed by atoms with Crippen LogP contribution >= 0.6 is 0 Å². The first-order chi connectivity index (χ1) is 6.38. The molecule has 1 aliphatic rings. The Bertz CT molecular complexity index is 287. The molecular weight excluding hydrogens is 168 g/mol. The van der Waals surface area contributed by atoms with Gasteiger partial charge >= 0.3 is 0 Å². The van der Waals surface area contributed by atoms with Crippen LogP contribution in [0.15, 0.2) is 18.3 Å². The molecule has 4 heteroatoms. The maximum atomic E-state index is 5.61. The van der Waals surface area contributed by atoms with E-state index in [1.54, 1.807) is 19.4 Å². The Labute approximate surface area is 76.9 Å². The molecule has 4 nitrogen and oxygen atoms in total. The summed E-state index contributed by atoms with van der Waals surface area (Å²) in [5, 5.41) is 3.14. The Kier molecular flexibility index (Phi) is 2.31. The Morgan fingerprint density at radius 2 is 2.38 bits per heavy atom. The van der Waals surface area contributed by atoms with E-state index < -0.39 is 0 Å². The van der Waals surface area contributed by atoms with Crippen LogP contribution < -0.4 is 14.8 Å². The van der Waals surface area contributed by atoms with Crippen LogP contribution in [0.2, 0.25) is 0 Å². The SMILES string of the molecule is COc1cc(OC2CNC2)ccn1. The predicted octanol–water partition coefficient (Wildman–Crippen LogP) is 0.441. The van der Waals surface area contributed by atoms with Crippen LogP contribution in [-0.4, -0.2) is 31.3 Å². The number of pyridine rings is 1. The second kappa shape index (κ2) is 3.62. The van der Waals surface area contributed by atoms with E-state index in [1.165, 1.54) is 0 Å². The molecule has 1 aromatic heterocycles. The number of hydrogen-bond donors (Lipinski definition) is 1. The topological polar surface area (TPSA) is 43.4 Å². The molecule has 0 amide bonds. The Morgan fingerprint density at radius 3 is 3.00 bits per heavy atom. The molecule has 0 aromatic carbocycles. The summed E-state index contributed by atoms with van der Waals surface area (Å²) in [5.74, 6) is 1.41. The summed E-state index contributed by atoms with van der Waals surface area (Å²) in [6.45, 7) is 1.84. The van der Waals surface area contributed by atoms with Gasteiger partial charge in [-0.3, -0.25) is 0 Å². The molecule has 0 unspecified atom stereocenters. The number of ether oxygens (including phenoxy) is 2. The average Bonchev–Trinajstić information content (AvgIpc) is 2.12. The van der Waals surface area contributed by atoms with Crippen LogP contribution in [0.5, 0.6) is 11.6 Å². The number of nitrogens with one attached hydrogen (secondary N) is 1. The highest BCUT2D eigenvalue weighted by atomic mass is 16.5. The van der Waals surface area contributed by atoms with Gasteiger partial charge in [0.25, 0.3) is 0 Å². The third kappa shape index (κ3) is 1.89. The molecule has 70 valence electrons. The van der Waals surface area contributed by atoms with Gasteiger partial charge in [0.1, 0.15) is 11.9 Å². The molecule has 1 N–H and O–H groups in total. The van der Waals surface area contributed by atoms with E-state index in [4.69, 9.17) is 9.47 Å². The molecule has 1 fully saturated rings. The molecule has 1 aliphatic heterocycles. The van der Waals surface area contributed by atoms with Gasteiger partial charge in [0.2, 0.25) is 5.88 Å². The standard InChI is InChI=1S/C9H12N2O2/c1-12-9-4-7(2-3-11-9)13-8-5-10-6-8/h2-4,8,10H,5-6H2,1H3. The molecule has 2 rings (SSSR count). The van der Waals surface area contributed by atoms with Gasteiger partial charge in [0, 0.05) is 25.4 Å². The zero-order valence-corrected chi connectivity index (χ0v) is 7.49. The smallest absolute Gasteiger partial charge is 0.216 e. The molecule has 0 radical (unpaired) electrons. The zero-order valence-electron chi connectivity index (χ0n) is 7.49. The van der Waals surface area contributed by atoms with Crippen molar-refractivity contribution in [3.63, 3.8) is 0 Å². The fourth-order valence-corrected chi connectivity index (χ4v) is 1.11. The molecule has 0 aliphatic carbocycles. The van der Waals surface area contributed by atoms with E-state index in [9.17, 15) is 0 Å². The van der Waals surface area contributed by atoms with E-state index >= 15 is 0 Å². The molecule has 2 heterocycles. The van der Waals surface area contributed by atoms with Crippen LogP contribution in [0.25, 0.3) is 0 Å². The van der Waals surface area contributed by atoms with Gasteiger partial charge in [0.05, 0.1) is 7.11 Å². The average molecular weight is 180 g/mol. The third-order valence-electron chi connectivity index (χ3n) is 1.96. The maximum Gasteiger partial charge on any atom is 0.216 e. The maximum absolute atomic E-state index is 5.61. The van der Waals surface area contributed by atoms with Gasteiger partial charge in [-0.1, -0.05) is 0 Å². The van der Waals surface area contributed by atoms with Crippen LogP contribution in [0, 0.1) is 0 Å². The van der Waals surface area contributed by atoms with E-state index in [-0.39, 0.29) is 0 Å². The van der Waals surface area contributed by atoms with E-state index in [2.05, 4.69) is 10.3 Å². The lowest BCUT2D eigenvalue weighted by molar-refractivity contribution is 0.141. The lowest BCUT2D eigenvalue weighted by atomic mass is 10.2. The summed E-state index contributed by atoms with van der Waals surface area (Å²) in [4.78, 5) is 3.99. The van der Waals surface area contributed by atoms with Crippen molar-refractivity contribution in [1.29, 1.82) is 0 Å². The highest BCUT2D eigenvalue weighted by Gasteiger charge is 2.18. The van der Waals surface area contributed by atoms with Crippen LogP contribution in [0.4, 0.5) is 0 Å². The zero-order chi connectivity index (χ0) is 9.10. The van der Waals surface area contributed by atoms with Crippen molar-refractivity contribution in [2.24, 2.45) is 0 Å². The summed E-state index contributed by atoms with van der Waals surface area (Å²) in [6.07, 6.45) is 1.98. The quantitative estimate of drug-likeness (QED) is 0.733. The van der Waals surface area contributed by atoms with Crippen molar-refractivity contribution in [1.82, 2.24) is 10.3 Å². The number of rotatable bonds is 3. The van der Waals surface area contributed by atoms with Crippen molar-refractivity contribution < 1.29 is 9.47 Å². The molecule has 1 aromatic rings. The minimum absolute atomic E-state index is 0.298. The lowest BCUT2D eigenvalue weighted by Gasteiger charge is -2.27. The van der Waals surface area contributed by atoms with Gasteiger partial charge in [-0.05, 0) is 6.07 Å². The summed E-state index contributed by atoms with van der Waals surface area (Å²) in [5.41, 5.74) is 0. The second-order valence-corrected chi connectivity index (χ2v) is 2.93. The molecule has 1 saturated heterocycles. The van der Waals surface area contributed by atoms with Gasteiger partial charge < -0.3 is 14.8 Å². The number of hydrogen-bond acceptors (Lipinski definition) is 4. The van der Waals surface area contributed by atoms with Crippen LogP contribution in [-0.2, 0) is 0 Å². The Balaban J connectivity index is 2.01. The Morgan fingerprint density at radius 1 is 1.54 bits per heavy atom. The van der Waals surface area contributed by atoms with E-state index in [0.29, 0.717) is 12.0 Å². The normalized spacial score (nSPS) is 16.4. The highest BCUT2D eigenvalue weighted by molar-refractivity contribution is 5.26. The predicted molar refractivity (Wildman–Crippen MR) is 48.1 cm³/mol. The van der Waals surface area contributed by atoms with Gasteiger partial charge in [-0.15, -0.1) is 0 Å². The fourth-order valence-electron chi connectivity index (χ4n) is 1.11. The third-order valence-corrected chi connectivity index (χ3v) is 1.96. The van der Waals surface area contributed by atoms with E-state index in [1.807, 2.05) is 6.07 Å². The summed E-state index contributed by atoms with van der Waals surface area (Å²) in [6, 6.07) is 3.62. The number of aromatic nitrogens is 1. The monoisotopic (exact) mass is 180 g/mol. The lowest BCUT2D eigenvalue weighted by Crippen LogP contribution is -2.50. The van der Waals surface area contributed by atoms with E-state index in [0.717, 1.165) is 18.8 Å². The van der Waals surface area contributed by atoms with Gasteiger partial charge in [-0.2, -0.15) is 0 Å². The minimum Gasteiger partial charge on any atom is -0.488 e. The molecule has 13 heavy (non-hydrogen) atoms. The fraction of sp³-hybridized carbons (Fsp3) is 0.444. The number of nitrogens with zero attached hydrogens (tertiary/aromatic N) is 1. The van der Waals surface area contributed by atoms with Gasteiger partial charge in [0.15, 0.2) is 0 Å². The first-order valence-corrected chi connectivity index (χ1v) is 4.26. The molecule has 0 saturated carbocycles. The molecule has 0 atom stereocenters. The van der Waals surface area contributed by atoms with Crippen molar-refractivity contribution >= 4 is 0 Å². The Hall–Kier alpha value is -1.29. The summed E-state index contributed by atoms with van der Waals surface area (Å²) < 4.78 is 10.6. The minimum atomic E-state index is 0.298. The second-order valence-electron chi connectivity index (χ2n) is 2.93. The van der Waals surface area contributed by atoms with Crippen molar-refractivity contribution in [3.05, 3.63) is 18.3 Å². The molecule has 0 spiro atoms. The summed E-state index contributed by atoms with van der Waals surface area (Å²) in [7, 11) is 1.59. The highest BCUT2D eigenvalue weighted by Crippen LogP contribution is 2.17. The molecule has 0 bridgehead atoms. The first kappa shape index (κ1) is 8.31.